The zero-order valence-electron chi connectivity index (χ0n) is 16.1. The van der Waals surface area contributed by atoms with Gasteiger partial charge < -0.3 is 20.7 Å². The van der Waals surface area contributed by atoms with Gasteiger partial charge in [-0.25, -0.2) is 9.78 Å². The number of aryl methyl sites for hydroxylation is 1. The average molecular weight is 370 g/mol. The minimum atomic E-state index is -0.571. The molecule has 0 spiro atoms. The molecule has 0 atom stereocenters. The number of aromatic nitrogens is 1. The molecule has 3 N–H and O–H groups in total. The lowest BCUT2D eigenvalue weighted by atomic mass is 10.2. The lowest BCUT2D eigenvalue weighted by Crippen LogP contribution is -2.34. The zero-order valence-corrected chi connectivity index (χ0v) is 16.1. The van der Waals surface area contributed by atoms with Crippen LogP contribution in [0, 0.1) is 6.92 Å². The number of carbonyl (C=O) groups is 2. The van der Waals surface area contributed by atoms with Gasteiger partial charge in [-0.2, -0.15) is 0 Å². The summed E-state index contributed by atoms with van der Waals surface area (Å²) < 4.78 is 5.13. The topological polar surface area (TPSA) is 92.4 Å². The minimum absolute atomic E-state index is 0.123. The number of nitrogens with zero attached hydrogens (tertiary/aromatic N) is 1. The summed E-state index contributed by atoms with van der Waals surface area (Å²) in [6.07, 6.45) is 1.23. The van der Waals surface area contributed by atoms with Gasteiger partial charge in [-0.15, -0.1) is 0 Å². The van der Waals surface area contributed by atoms with E-state index in [2.05, 4.69) is 20.9 Å². The van der Waals surface area contributed by atoms with E-state index in [-0.39, 0.29) is 18.9 Å². The van der Waals surface area contributed by atoms with E-state index in [1.54, 1.807) is 39.1 Å². The predicted octanol–water partition coefficient (Wildman–Crippen LogP) is 3.99. The third kappa shape index (κ3) is 6.97. The van der Waals surface area contributed by atoms with Gasteiger partial charge >= 0.3 is 6.09 Å². The Kier molecular flexibility index (Phi) is 6.76. The van der Waals surface area contributed by atoms with Crippen molar-refractivity contribution in [2.75, 3.05) is 17.2 Å². The van der Waals surface area contributed by atoms with Crippen LogP contribution >= 0.6 is 0 Å². The summed E-state index contributed by atoms with van der Waals surface area (Å²) in [6.45, 7) is 7.52. The highest BCUT2D eigenvalue weighted by atomic mass is 16.6. The second-order valence-electron chi connectivity index (χ2n) is 7.07. The van der Waals surface area contributed by atoms with Crippen LogP contribution in [0.2, 0.25) is 0 Å². The van der Waals surface area contributed by atoms with Crippen LogP contribution in [0.5, 0.6) is 0 Å². The summed E-state index contributed by atoms with van der Waals surface area (Å²) in [5.41, 5.74) is 1.99. The molecule has 0 fully saturated rings. The molecular formula is C20H26N4O3. The molecule has 1 heterocycles. The van der Waals surface area contributed by atoms with Crippen molar-refractivity contribution in [2.45, 2.75) is 39.7 Å². The molecule has 0 saturated carbocycles. The highest BCUT2D eigenvalue weighted by Gasteiger charge is 2.16. The van der Waals surface area contributed by atoms with Gasteiger partial charge in [0.2, 0.25) is 5.91 Å². The number of hydrogen-bond acceptors (Lipinski definition) is 5. The highest BCUT2D eigenvalue weighted by Crippen LogP contribution is 2.24. The van der Waals surface area contributed by atoms with Gasteiger partial charge in [0.25, 0.3) is 0 Å². The summed E-state index contributed by atoms with van der Waals surface area (Å²) in [6, 6.07) is 11.3. The number of para-hydroxylation sites is 1. The van der Waals surface area contributed by atoms with Crippen LogP contribution in [0.15, 0.2) is 42.6 Å². The van der Waals surface area contributed by atoms with Crippen LogP contribution in [0.25, 0.3) is 0 Å². The number of benzene rings is 1. The predicted molar refractivity (Wildman–Crippen MR) is 106 cm³/mol. The zero-order chi connectivity index (χ0) is 19.9. The lowest BCUT2D eigenvalue weighted by molar-refractivity contribution is -0.116. The molecule has 0 aliphatic carbocycles. The Hall–Kier alpha value is -3.09. The second-order valence-corrected chi connectivity index (χ2v) is 7.07. The molecule has 0 saturated heterocycles. The van der Waals surface area contributed by atoms with Gasteiger partial charge in [-0.05, 0) is 51.5 Å². The first kappa shape index (κ1) is 20.2. The Labute approximate surface area is 159 Å². The largest absolute Gasteiger partial charge is 0.444 e. The van der Waals surface area contributed by atoms with Crippen molar-refractivity contribution < 1.29 is 14.3 Å². The summed E-state index contributed by atoms with van der Waals surface area (Å²) in [5, 5.41) is 8.61. The Balaban J connectivity index is 1.91. The number of alkyl carbamates (subject to hydrolysis) is 1. The number of carbonyl (C=O) groups excluding carboxylic acids is 2. The van der Waals surface area contributed by atoms with Crippen molar-refractivity contribution in [3.8, 4) is 0 Å². The first-order valence-electron chi connectivity index (χ1n) is 8.79. The summed E-state index contributed by atoms with van der Waals surface area (Å²) in [7, 11) is 0. The normalized spacial score (nSPS) is 10.8. The first-order valence-corrected chi connectivity index (χ1v) is 8.79. The molecule has 0 aliphatic heterocycles. The molecule has 1 aromatic carbocycles. The van der Waals surface area contributed by atoms with Crippen molar-refractivity contribution in [3.63, 3.8) is 0 Å². The Morgan fingerprint density at radius 1 is 1.07 bits per heavy atom. The SMILES string of the molecule is Cc1ccccc1Nc1ncccc1NC(=O)CCNC(=O)OC(C)(C)C. The lowest BCUT2D eigenvalue weighted by Gasteiger charge is -2.19. The van der Waals surface area contributed by atoms with Crippen LogP contribution in [0.1, 0.15) is 32.8 Å². The number of rotatable bonds is 6. The molecule has 2 aromatic rings. The number of amides is 2. The third-order valence-corrected chi connectivity index (χ3v) is 3.50. The monoisotopic (exact) mass is 370 g/mol. The number of nitrogens with one attached hydrogen (secondary N) is 3. The Bertz CT molecular complexity index is 800. The standard InChI is InChI=1S/C20H26N4O3/c1-14-8-5-6-9-15(14)24-18-16(10-7-12-21-18)23-17(25)11-13-22-19(26)27-20(2,3)4/h5-10,12H,11,13H2,1-4H3,(H,21,24)(H,22,26)(H,23,25). The molecule has 1 aromatic heterocycles. The van der Waals surface area contributed by atoms with E-state index in [9.17, 15) is 9.59 Å². The molecule has 144 valence electrons. The van der Waals surface area contributed by atoms with Crippen LogP contribution in [-0.2, 0) is 9.53 Å². The fourth-order valence-electron chi connectivity index (χ4n) is 2.25. The van der Waals surface area contributed by atoms with Gasteiger partial charge in [-0.3, -0.25) is 4.79 Å². The van der Waals surface area contributed by atoms with Gasteiger partial charge in [0.05, 0.1) is 5.69 Å². The molecule has 0 radical (unpaired) electrons. The van der Waals surface area contributed by atoms with Crippen molar-refractivity contribution >= 4 is 29.2 Å². The van der Waals surface area contributed by atoms with Crippen LogP contribution in [0.3, 0.4) is 0 Å². The highest BCUT2D eigenvalue weighted by molar-refractivity contribution is 5.94. The van der Waals surface area contributed by atoms with Crippen molar-refractivity contribution in [1.82, 2.24) is 10.3 Å². The number of ether oxygens (including phenoxy) is 1. The average Bonchev–Trinajstić information content (AvgIpc) is 2.57. The minimum Gasteiger partial charge on any atom is -0.444 e. The maximum absolute atomic E-state index is 12.2. The van der Waals surface area contributed by atoms with E-state index < -0.39 is 11.7 Å². The quantitative estimate of drug-likeness (QED) is 0.715. The van der Waals surface area contributed by atoms with Crippen LogP contribution < -0.4 is 16.0 Å². The molecule has 2 rings (SSSR count). The van der Waals surface area contributed by atoms with Gasteiger partial charge in [0.15, 0.2) is 5.82 Å². The van der Waals surface area contributed by atoms with Crippen LogP contribution in [-0.4, -0.2) is 29.1 Å². The maximum Gasteiger partial charge on any atom is 0.407 e. The van der Waals surface area contributed by atoms with Crippen molar-refractivity contribution in [3.05, 3.63) is 48.2 Å². The summed E-state index contributed by atoms with van der Waals surface area (Å²) in [5.74, 6) is 0.326. The molecular weight excluding hydrogens is 344 g/mol. The van der Waals surface area contributed by atoms with Crippen LogP contribution in [0.4, 0.5) is 22.0 Å². The smallest absolute Gasteiger partial charge is 0.407 e. The fraction of sp³-hybridized carbons (Fsp3) is 0.350. The van der Waals surface area contributed by atoms with E-state index in [4.69, 9.17) is 4.74 Å². The Morgan fingerprint density at radius 2 is 1.78 bits per heavy atom. The number of pyridine rings is 1. The van der Waals surface area contributed by atoms with E-state index >= 15 is 0 Å². The van der Waals surface area contributed by atoms with Gasteiger partial charge in [0, 0.05) is 24.8 Å². The van der Waals surface area contributed by atoms with E-state index in [1.165, 1.54) is 0 Å². The second kappa shape index (κ2) is 9.02. The molecule has 0 aliphatic rings. The van der Waals surface area contributed by atoms with Gasteiger partial charge in [0.1, 0.15) is 5.60 Å². The van der Waals surface area contributed by atoms with E-state index in [0.29, 0.717) is 11.5 Å². The van der Waals surface area contributed by atoms with Crippen molar-refractivity contribution in [1.29, 1.82) is 0 Å². The maximum atomic E-state index is 12.2. The molecule has 0 bridgehead atoms. The number of anilines is 3. The summed E-state index contributed by atoms with van der Waals surface area (Å²) >= 11 is 0. The fourth-order valence-corrected chi connectivity index (χ4v) is 2.25. The molecule has 27 heavy (non-hydrogen) atoms. The summed E-state index contributed by atoms with van der Waals surface area (Å²) in [4.78, 5) is 28.1. The molecule has 7 heteroatoms. The van der Waals surface area contributed by atoms with Gasteiger partial charge in [-0.1, -0.05) is 18.2 Å². The van der Waals surface area contributed by atoms with E-state index in [0.717, 1.165) is 11.3 Å². The van der Waals surface area contributed by atoms with E-state index in [1.807, 2.05) is 31.2 Å². The molecule has 7 nitrogen and oxygen atoms in total. The van der Waals surface area contributed by atoms with Crippen molar-refractivity contribution in [2.24, 2.45) is 0 Å². The number of hydrogen-bond donors (Lipinski definition) is 3. The first-order chi connectivity index (χ1) is 12.7. The molecule has 0 unspecified atom stereocenters. The third-order valence-electron chi connectivity index (χ3n) is 3.50. The Morgan fingerprint density at radius 3 is 2.48 bits per heavy atom. The molecule has 2 amide bonds.